The van der Waals surface area contributed by atoms with Gasteiger partial charge in [0.05, 0.1) is 30.9 Å². The first-order chi connectivity index (χ1) is 24.7. The minimum atomic E-state index is -5.66. The molecule has 2 aliphatic carbocycles. The van der Waals surface area contributed by atoms with E-state index < -0.39 is 69.0 Å². The second-order valence-corrected chi connectivity index (χ2v) is 15.0. The van der Waals surface area contributed by atoms with E-state index in [4.69, 9.17) is 16.3 Å². The summed E-state index contributed by atoms with van der Waals surface area (Å²) in [5.41, 5.74) is 2.76. The van der Waals surface area contributed by atoms with Gasteiger partial charge in [-0.25, -0.2) is 35.2 Å². The van der Waals surface area contributed by atoms with Crippen molar-refractivity contribution in [3.63, 3.8) is 0 Å². The van der Waals surface area contributed by atoms with E-state index in [9.17, 15) is 36.3 Å². The van der Waals surface area contributed by atoms with E-state index >= 15 is 8.78 Å². The normalized spacial score (nSPS) is 14.5. The molecule has 0 bridgehead atoms. The predicted molar refractivity (Wildman–Crippen MR) is 181 cm³/mol. The first kappa shape index (κ1) is 37.2. The lowest BCUT2D eigenvalue weighted by molar-refractivity contribution is -0.119. The van der Waals surface area contributed by atoms with E-state index in [1.165, 1.54) is 42.5 Å². The highest BCUT2D eigenvalue weighted by molar-refractivity contribution is 7.89. The highest BCUT2D eigenvalue weighted by atomic mass is 35.5. The van der Waals surface area contributed by atoms with Crippen molar-refractivity contribution < 1.29 is 49.8 Å². The molecule has 8 nitrogen and oxygen atoms in total. The molecule has 2 saturated carbocycles. The van der Waals surface area contributed by atoms with Gasteiger partial charge in [0.1, 0.15) is 5.75 Å². The van der Waals surface area contributed by atoms with Crippen molar-refractivity contribution in [2.24, 2.45) is 0 Å². The Morgan fingerprint density at radius 1 is 0.827 bits per heavy atom. The van der Waals surface area contributed by atoms with Gasteiger partial charge in [0, 0.05) is 11.6 Å². The van der Waals surface area contributed by atoms with Gasteiger partial charge in [0.15, 0.2) is 28.2 Å². The Morgan fingerprint density at radius 2 is 1.40 bits per heavy atom. The van der Waals surface area contributed by atoms with Crippen molar-refractivity contribution in [2.45, 2.75) is 62.4 Å². The minimum absolute atomic E-state index is 0.00296. The number of nitrogens with zero attached hydrogens (tertiary/aromatic N) is 2. The number of sulfonamides is 1. The molecule has 0 unspecified atom stereocenters. The molecule has 274 valence electrons. The van der Waals surface area contributed by atoms with Crippen molar-refractivity contribution in [2.75, 3.05) is 18.1 Å². The van der Waals surface area contributed by atoms with E-state index in [0.717, 1.165) is 41.7 Å². The average Bonchev–Trinajstić information content (AvgIpc) is 4.03. The van der Waals surface area contributed by atoms with Crippen LogP contribution >= 0.6 is 11.6 Å². The van der Waals surface area contributed by atoms with E-state index in [1.54, 1.807) is 6.92 Å². The van der Waals surface area contributed by atoms with Gasteiger partial charge in [-0.15, -0.1) is 0 Å². The summed E-state index contributed by atoms with van der Waals surface area (Å²) in [4.78, 5) is 25.4. The molecule has 0 spiro atoms. The smallest absolute Gasteiger partial charge is 0.335 e. The van der Waals surface area contributed by atoms with E-state index in [0.29, 0.717) is 17.4 Å². The molecule has 0 heterocycles. The van der Waals surface area contributed by atoms with Crippen molar-refractivity contribution >= 4 is 39.2 Å². The van der Waals surface area contributed by atoms with Crippen LogP contribution in [-0.4, -0.2) is 42.9 Å². The molecular weight excluding hydrogens is 731 g/mol. The maximum Gasteiger partial charge on any atom is 0.335 e. The van der Waals surface area contributed by atoms with E-state index in [-0.39, 0.29) is 45.0 Å². The molecule has 1 amide bonds. The second kappa shape index (κ2) is 14.8. The molecule has 0 saturated heterocycles. The number of halogens is 6. The van der Waals surface area contributed by atoms with Gasteiger partial charge >= 0.3 is 5.97 Å². The van der Waals surface area contributed by atoms with Crippen molar-refractivity contribution in [3.05, 3.63) is 123 Å². The van der Waals surface area contributed by atoms with Gasteiger partial charge < -0.3 is 14.7 Å². The summed E-state index contributed by atoms with van der Waals surface area (Å²) in [7, 11) is -5.66. The van der Waals surface area contributed by atoms with Crippen LogP contribution in [-0.2, 0) is 27.9 Å². The zero-order valence-electron chi connectivity index (χ0n) is 27.6. The van der Waals surface area contributed by atoms with Crippen LogP contribution in [0.4, 0.5) is 27.6 Å². The number of carbonyl (C=O) groups is 2. The lowest BCUT2D eigenvalue weighted by Crippen LogP contribution is -2.43. The average molecular weight is 763 g/mol. The highest BCUT2D eigenvalue weighted by Gasteiger charge is 2.39. The molecule has 15 heteroatoms. The zero-order valence-corrected chi connectivity index (χ0v) is 29.2. The predicted octanol–water partition coefficient (Wildman–Crippen LogP) is 8.31. The van der Waals surface area contributed by atoms with Gasteiger partial charge in [0.2, 0.25) is 21.7 Å². The SMILES string of the molecule is CCOc1cc(C(=O)O)ccc1N(Cc1cc(C2CC2)cc(C2CC2)c1)C(=O)CN(Cc1ccccc1Cl)S(=O)(=O)c1c(F)c(F)c(F)c(F)c1F. The summed E-state index contributed by atoms with van der Waals surface area (Å²) in [6.07, 6.45) is 3.98. The molecular formula is C37H32ClF5N2O6S. The fourth-order valence-electron chi connectivity index (χ4n) is 5.99. The molecule has 0 aromatic heterocycles. The van der Waals surface area contributed by atoms with Gasteiger partial charge in [-0.2, -0.15) is 4.31 Å². The Balaban J connectivity index is 1.48. The topological polar surface area (TPSA) is 104 Å². The third-order valence-electron chi connectivity index (χ3n) is 8.96. The summed E-state index contributed by atoms with van der Waals surface area (Å²) < 4.78 is 107. The molecule has 4 aromatic carbocycles. The Hall–Kier alpha value is -4.53. The number of benzene rings is 4. The zero-order chi connectivity index (χ0) is 37.5. The van der Waals surface area contributed by atoms with Crippen molar-refractivity contribution in [3.8, 4) is 5.75 Å². The van der Waals surface area contributed by atoms with Crippen LogP contribution in [0.3, 0.4) is 0 Å². The third-order valence-corrected chi connectivity index (χ3v) is 11.1. The number of carboxylic acids is 1. The molecule has 6 rings (SSSR count). The Morgan fingerprint density at radius 3 is 1.94 bits per heavy atom. The number of hydrogen-bond donors (Lipinski definition) is 1. The first-order valence-electron chi connectivity index (χ1n) is 16.4. The second-order valence-electron chi connectivity index (χ2n) is 12.7. The van der Waals surface area contributed by atoms with Crippen LogP contribution in [0.15, 0.2) is 65.6 Å². The quantitative estimate of drug-likeness (QED) is 0.0788. The molecule has 0 aliphatic heterocycles. The van der Waals surface area contributed by atoms with Gasteiger partial charge in [-0.1, -0.05) is 48.0 Å². The lowest BCUT2D eigenvalue weighted by atomic mass is 9.99. The summed E-state index contributed by atoms with van der Waals surface area (Å²) in [6, 6.07) is 15.5. The number of hydrogen-bond acceptors (Lipinski definition) is 5. The van der Waals surface area contributed by atoms with E-state index in [2.05, 4.69) is 6.07 Å². The number of anilines is 1. The Kier molecular flexibility index (Phi) is 10.6. The van der Waals surface area contributed by atoms with Gasteiger partial charge in [-0.3, -0.25) is 4.79 Å². The minimum Gasteiger partial charge on any atom is -0.492 e. The summed E-state index contributed by atoms with van der Waals surface area (Å²) in [5.74, 6) is -14.3. The fraction of sp³-hybridized carbons (Fsp3) is 0.297. The largest absolute Gasteiger partial charge is 0.492 e. The number of aromatic carboxylic acids is 1. The maximum absolute atomic E-state index is 15.1. The van der Waals surface area contributed by atoms with Gasteiger partial charge in [-0.05, 0) is 91.0 Å². The van der Waals surface area contributed by atoms with E-state index in [1.807, 2.05) is 12.1 Å². The van der Waals surface area contributed by atoms with Crippen molar-refractivity contribution in [1.29, 1.82) is 0 Å². The van der Waals surface area contributed by atoms with Crippen LogP contribution in [0.5, 0.6) is 5.75 Å². The molecule has 0 radical (unpaired) electrons. The summed E-state index contributed by atoms with van der Waals surface area (Å²) in [5, 5.41) is 9.65. The van der Waals surface area contributed by atoms with Gasteiger partial charge in [0.25, 0.3) is 0 Å². The van der Waals surface area contributed by atoms with Crippen LogP contribution in [0.2, 0.25) is 5.02 Å². The number of amides is 1. The number of rotatable bonds is 14. The Bertz CT molecular complexity index is 2120. The van der Waals surface area contributed by atoms with Crippen LogP contribution in [0, 0.1) is 29.1 Å². The first-order valence-corrected chi connectivity index (χ1v) is 18.2. The number of ether oxygens (including phenoxy) is 1. The summed E-state index contributed by atoms with van der Waals surface area (Å²) >= 11 is 6.29. The van der Waals surface area contributed by atoms with Crippen LogP contribution in [0.25, 0.3) is 0 Å². The maximum atomic E-state index is 15.1. The molecule has 52 heavy (non-hydrogen) atoms. The summed E-state index contributed by atoms with van der Waals surface area (Å²) in [6.45, 7) is -0.466. The third kappa shape index (κ3) is 7.64. The van der Waals surface area contributed by atoms with Crippen LogP contribution in [0.1, 0.15) is 77.1 Å². The number of carboxylic acid groups (broad SMARTS) is 1. The van der Waals surface area contributed by atoms with Crippen molar-refractivity contribution in [1.82, 2.24) is 4.31 Å². The molecule has 2 fully saturated rings. The monoisotopic (exact) mass is 762 g/mol. The lowest BCUT2D eigenvalue weighted by Gasteiger charge is -2.29. The molecule has 0 atom stereocenters. The molecule has 2 aliphatic rings. The standard InChI is InChI=1S/C37H32ClF5N2O6S/c1-2-51-29-16-23(37(47)48)11-12-28(29)45(17-20-13-25(21-7-8-21)15-26(14-20)22-9-10-22)30(46)19-44(18-24-5-3-4-6-27(24)38)52(49,50)36-34(42)32(40)31(39)33(41)35(36)43/h3-6,11-16,21-22H,2,7-10,17-19H2,1H3,(H,47,48). The van der Waals surface area contributed by atoms with Crippen LogP contribution < -0.4 is 9.64 Å². The fourth-order valence-corrected chi connectivity index (χ4v) is 7.67. The molecule has 1 N–H and O–H groups in total. The Labute approximate surface area is 301 Å². The molecule has 4 aromatic rings. The number of carbonyl (C=O) groups excluding carboxylic acids is 1. The highest BCUT2D eigenvalue weighted by Crippen LogP contribution is 2.46.